The van der Waals surface area contributed by atoms with Gasteiger partial charge >= 0.3 is 0 Å². The minimum atomic E-state index is -0.427. The van der Waals surface area contributed by atoms with Crippen molar-refractivity contribution in [2.24, 2.45) is 0 Å². The van der Waals surface area contributed by atoms with E-state index in [4.69, 9.17) is 9.15 Å². The molecule has 160 valence electrons. The van der Waals surface area contributed by atoms with Crippen LogP contribution in [-0.4, -0.2) is 12.1 Å². The van der Waals surface area contributed by atoms with Crippen molar-refractivity contribution in [1.29, 1.82) is 5.26 Å². The van der Waals surface area contributed by atoms with Gasteiger partial charge in [-0.2, -0.15) is 5.26 Å². The molecule has 2 heterocycles. The fourth-order valence-electron chi connectivity index (χ4n) is 4.20. The van der Waals surface area contributed by atoms with Crippen LogP contribution in [0.5, 0.6) is 5.75 Å². The molecule has 5 nitrogen and oxygen atoms in total. The summed E-state index contributed by atoms with van der Waals surface area (Å²) in [6.45, 7) is 1.78. The summed E-state index contributed by atoms with van der Waals surface area (Å²) in [4.78, 5) is 15.1. The SMILES string of the molecule is COc1cc2c(-c3ccccc3)c(-c3ccccc3)oc2cc1-c1cc(C)[nH]c(=O)c1C#N. The summed E-state index contributed by atoms with van der Waals surface area (Å²) >= 11 is 0. The number of nitrogens with one attached hydrogen (secondary N) is 1. The Morgan fingerprint density at radius 1 is 0.909 bits per heavy atom. The van der Waals surface area contributed by atoms with Crippen LogP contribution in [0.2, 0.25) is 0 Å². The van der Waals surface area contributed by atoms with Crippen molar-refractivity contribution >= 4 is 11.0 Å². The molecule has 0 atom stereocenters. The molecule has 5 heteroatoms. The second-order valence-electron chi connectivity index (χ2n) is 7.77. The van der Waals surface area contributed by atoms with Crippen molar-refractivity contribution in [3.8, 4) is 45.4 Å². The number of aromatic nitrogens is 1. The van der Waals surface area contributed by atoms with Crippen LogP contribution in [0.15, 0.2) is 88.1 Å². The van der Waals surface area contributed by atoms with Crippen molar-refractivity contribution in [3.05, 3.63) is 100 Å². The van der Waals surface area contributed by atoms with Crippen LogP contribution in [0, 0.1) is 18.3 Å². The molecular weight excluding hydrogens is 412 g/mol. The Bertz CT molecular complexity index is 1570. The van der Waals surface area contributed by atoms with Gasteiger partial charge < -0.3 is 14.1 Å². The van der Waals surface area contributed by atoms with Gasteiger partial charge in [0.1, 0.15) is 28.7 Å². The minimum absolute atomic E-state index is 0.0383. The molecule has 0 saturated carbocycles. The topological polar surface area (TPSA) is 79.0 Å². The summed E-state index contributed by atoms with van der Waals surface area (Å²) < 4.78 is 12.1. The quantitative estimate of drug-likeness (QED) is 0.361. The highest BCUT2D eigenvalue weighted by atomic mass is 16.5. The smallest absolute Gasteiger partial charge is 0.266 e. The lowest BCUT2D eigenvalue weighted by Crippen LogP contribution is -2.12. The molecule has 2 aromatic heterocycles. The first-order valence-corrected chi connectivity index (χ1v) is 10.5. The van der Waals surface area contributed by atoms with E-state index in [1.165, 1.54) is 0 Å². The van der Waals surface area contributed by atoms with E-state index in [2.05, 4.69) is 4.98 Å². The van der Waals surface area contributed by atoms with Crippen molar-refractivity contribution in [3.63, 3.8) is 0 Å². The van der Waals surface area contributed by atoms with E-state index in [1.807, 2.05) is 78.9 Å². The van der Waals surface area contributed by atoms with E-state index < -0.39 is 5.56 Å². The second-order valence-corrected chi connectivity index (χ2v) is 7.77. The van der Waals surface area contributed by atoms with Crippen LogP contribution in [0.1, 0.15) is 11.3 Å². The molecule has 0 radical (unpaired) electrons. The van der Waals surface area contributed by atoms with E-state index in [0.29, 0.717) is 28.2 Å². The summed E-state index contributed by atoms with van der Waals surface area (Å²) in [6, 6.07) is 27.6. The molecule has 0 amide bonds. The van der Waals surface area contributed by atoms with E-state index >= 15 is 0 Å². The zero-order chi connectivity index (χ0) is 22.9. The third-order valence-corrected chi connectivity index (χ3v) is 5.68. The van der Waals surface area contributed by atoms with Gasteiger partial charge in [-0.25, -0.2) is 0 Å². The summed E-state index contributed by atoms with van der Waals surface area (Å²) in [5, 5.41) is 10.5. The number of aromatic amines is 1. The molecule has 5 rings (SSSR count). The lowest BCUT2D eigenvalue weighted by atomic mass is 9.95. The van der Waals surface area contributed by atoms with Crippen LogP contribution in [0.4, 0.5) is 0 Å². The predicted octanol–water partition coefficient (Wildman–Crippen LogP) is 6.31. The van der Waals surface area contributed by atoms with Crippen LogP contribution in [-0.2, 0) is 0 Å². The zero-order valence-electron chi connectivity index (χ0n) is 18.2. The highest BCUT2D eigenvalue weighted by molar-refractivity contribution is 6.04. The first-order valence-electron chi connectivity index (χ1n) is 10.5. The van der Waals surface area contributed by atoms with Gasteiger partial charge in [0.25, 0.3) is 5.56 Å². The molecule has 3 aromatic carbocycles. The molecule has 0 aliphatic heterocycles. The minimum Gasteiger partial charge on any atom is -0.496 e. The molecule has 1 N–H and O–H groups in total. The molecule has 0 saturated heterocycles. The molecule has 33 heavy (non-hydrogen) atoms. The molecule has 5 aromatic rings. The lowest BCUT2D eigenvalue weighted by molar-refractivity contribution is 0.417. The summed E-state index contributed by atoms with van der Waals surface area (Å²) in [7, 11) is 1.58. The van der Waals surface area contributed by atoms with Crippen LogP contribution >= 0.6 is 0 Å². The van der Waals surface area contributed by atoms with Gasteiger partial charge in [0.05, 0.1) is 7.11 Å². The van der Waals surface area contributed by atoms with E-state index in [9.17, 15) is 10.1 Å². The maximum Gasteiger partial charge on any atom is 0.266 e. The Labute approximate surface area is 190 Å². The van der Waals surface area contributed by atoms with Crippen LogP contribution < -0.4 is 10.3 Å². The molecule has 0 aliphatic carbocycles. The Hall–Kier alpha value is -4.56. The third kappa shape index (κ3) is 3.48. The average molecular weight is 432 g/mol. The van der Waals surface area contributed by atoms with Gasteiger partial charge in [0.15, 0.2) is 0 Å². The highest BCUT2D eigenvalue weighted by Gasteiger charge is 2.22. The molecule has 0 spiro atoms. The van der Waals surface area contributed by atoms with Crippen molar-refractivity contribution in [2.75, 3.05) is 7.11 Å². The number of hydrogen-bond donors (Lipinski definition) is 1. The second kappa shape index (κ2) is 8.18. The standard InChI is InChI=1S/C28H20N2O3/c1-17-13-20(23(16-29)28(31)30-17)21-14-25-22(15-24(21)32-2)26(18-9-5-3-6-10-18)27(33-25)19-11-7-4-8-12-19/h3-15H,1-2H3,(H,30,31). The summed E-state index contributed by atoms with van der Waals surface area (Å²) in [5.41, 5.74) is 4.99. The molecule has 0 fully saturated rings. The van der Waals surface area contributed by atoms with Gasteiger partial charge in [-0.05, 0) is 30.7 Å². The molecule has 0 unspecified atom stereocenters. The number of furan rings is 1. The number of aryl methyl sites for hydroxylation is 1. The van der Waals surface area contributed by atoms with E-state index in [0.717, 1.165) is 27.8 Å². The first kappa shape index (κ1) is 20.3. The van der Waals surface area contributed by atoms with Crippen molar-refractivity contribution < 1.29 is 9.15 Å². The maximum atomic E-state index is 12.4. The average Bonchev–Trinajstić information content (AvgIpc) is 3.22. The number of benzene rings is 3. The number of nitriles is 1. The molecule has 0 bridgehead atoms. The number of hydrogen-bond acceptors (Lipinski definition) is 4. The number of H-pyrrole nitrogens is 1. The van der Waals surface area contributed by atoms with Crippen molar-refractivity contribution in [1.82, 2.24) is 4.98 Å². The molecular formula is C28H20N2O3. The summed E-state index contributed by atoms with van der Waals surface area (Å²) in [6.07, 6.45) is 0. The van der Waals surface area contributed by atoms with Gasteiger partial charge in [-0.1, -0.05) is 60.7 Å². The first-order chi connectivity index (χ1) is 16.1. The van der Waals surface area contributed by atoms with Gasteiger partial charge in [-0.15, -0.1) is 0 Å². The van der Waals surface area contributed by atoms with E-state index in [-0.39, 0.29) is 5.56 Å². The normalized spacial score (nSPS) is 10.8. The Kier molecular flexibility index (Phi) is 5.04. The van der Waals surface area contributed by atoms with Gasteiger partial charge in [0, 0.05) is 33.3 Å². The van der Waals surface area contributed by atoms with Gasteiger partial charge in [-0.3, -0.25) is 4.79 Å². The van der Waals surface area contributed by atoms with Crippen LogP contribution in [0.25, 0.3) is 44.5 Å². The fourth-order valence-corrected chi connectivity index (χ4v) is 4.20. The zero-order valence-corrected chi connectivity index (χ0v) is 18.2. The monoisotopic (exact) mass is 432 g/mol. The number of fused-ring (bicyclic) bond motifs is 1. The Morgan fingerprint density at radius 3 is 2.21 bits per heavy atom. The number of ether oxygens (including phenoxy) is 1. The fraction of sp³-hybridized carbons (Fsp3) is 0.0714. The Morgan fingerprint density at radius 2 is 1.58 bits per heavy atom. The molecule has 0 aliphatic rings. The Balaban J connectivity index is 1.86. The van der Waals surface area contributed by atoms with Gasteiger partial charge in [0.2, 0.25) is 0 Å². The summed E-state index contributed by atoms with van der Waals surface area (Å²) in [5.74, 6) is 1.31. The number of methoxy groups -OCH3 is 1. The number of nitrogens with zero attached hydrogens (tertiary/aromatic N) is 1. The van der Waals surface area contributed by atoms with Crippen molar-refractivity contribution in [2.45, 2.75) is 6.92 Å². The van der Waals surface area contributed by atoms with Crippen LogP contribution in [0.3, 0.4) is 0 Å². The van der Waals surface area contributed by atoms with E-state index in [1.54, 1.807) is 20.1 Å². The number of rotatable bonds is 4. The maximum absolute atomic E-state index is 12.4. The predicted molar refractivity (Wildman–Crippen MR) is 129 cm³/mol. The lowest BCUT2D eigenvalue weighted by Gasteiger charge is -2.11. The highest BCUT2D eigenvalue weighted by Crippen LogP contribution is 2.45. The third-order valence-electron chi connectivity index (χ3n) is 5.68. The number of pyridine rings is 1. The largest absolute Gasteiger partial charge is 0.496 e.